The lowest BCUT2D eigenvalue weighted by Gasteiger charge is -2.34. The molecule has 2 aliphatic rings. The maximum absolute atomic E-state index is 12.4. The first kappa shape index (κ1) is 27.8. The van der Waals surface area contributed by atoms with E-state index in [1.54, 1.807) is 22.2 Å². The molecule has 0 bridgehead atoms. The number of nitrogens with zero attached hydrogens (tertiary/aromatic N) is 4. The minimum Gasteiger partial charge on any atom is -0.476 e. The number of carbonyl (C=O) groups is 2. The van der Waals surface area contributed by atoms with Crippen LogP contribution in [0.2, 0.25) is 0 Å². The van der Waals surface area contributed by atoms with E-state index in [0.717, 1.165) is 25.7 Å². The van der Waals surface area contributed by atoms with Crippen LogP contribution in [0.25, 0.3) is 0 Å². The Morgan fingerprint density at radius 2 is 1.22 bits per heavy atom. The van der Waals surface area contributed by atoms with Gasteiger partial charge in [-0.2, -0.15) is 4.98 Å². The second-order valence-corrected chi connectivity index (χ2v) is 11.7. The molecule has 0 aromatic carbocycles. The number of aromatic nitrogens is 2. The molecule has 0 N–H and O–H groups in total. The summed E-state index contributed by atoms with van der Waals surface area (Å²) in [6.45, 7) is 14.7. The molecule has 0 aliphatic carbocycles. The van der Waals surface area contributed by atoms with Crippen molar-refractivity contribution in [3.63, 3.8) is 0 Å². The number of ether oxygens (including phenoxy) is 4. The largest absolute Gasteiger partial charge is 0.476 e. The molecule has 10 nitrogen and oxygen atoms in total. The van der Waals surface area contributed by atoms with Crippen molar-refractivity contribution in [3.8, 4) is 11.8 Å². The summed E-state index contributed by atoms with van der Waals surface area (Å²) in [7, 11) is 0. The smallest absolute Gasteiger partial charge is 0.410 e. The first-order valence-electron chi connectivity index (χ1n) is 12.9. The molecule has 2 saturated heterocycles. The molecule has 202 valence electrons. The van der Waals surface area contributed by atoms with Gasteiger partial charge in [-0.25, -0.2) is 9.59 Å². The van der Waals surface area contributed by atoms with Gasteiger partial charge in [0, 0.05) is 38.0 Å². The number of hydrogen-bond acceptors (Lipinski definition) is 8. The van der Waals surface area contributed by atoms with Gasteiger partial charge in [-0.05, 0) is 67.2 Å². The average Bonchev–Trinajstić information content (AvgIpc) is 2.80. The molecule has 0 spiro atoms. The molecule has 3 heterocycles. The molecule has 0 unspecified atom stereocenters. The first-order chi connectivity index (χ1) is 16.9. The van der Waals surface area contributed by atoms with Crippen molar-refractivity contribution in [2.45, 2.75) is 78.4 Å². The highest BCUT2D eigenvalue weighted by molar-refractivity contribution is 5.68. The van der Waals surface area contributed by atoms with Gasteiger partial charge in [-0.15, -0.1) is 0 Å². The van der Waals surface area contributed by atoms with Gasteiger partial charge < -0.3 is 28.7 Å². The molecule has 10 heteroatoms. The van der Waals surface area contributed by atoms with Crippen molar-refractivity contribution in [3.05, 3.63) is 12.4 Å². The van der Waals surface area contributed by atoms with Crippen molar-refractivity contribution in [2.24, 2.45) is 11.8 Å². The first-order valence-corrected chi connectivity index (χ1v) is 12.9. The van der Waals surface area contributed by atoms with Crippen molar-refractivity contribution < 1.29 is 28.5 Å². The van der Waals surface area contributed by atoms with Crippen molar-refractivity contribution in [1.29, 1.82) is 0 Å². The molecule has 36 heavy (non-hydrogen) atoms. The van der Waals surface area contributed by atoms with E-state index in [1.165, 1.54) is 0 Å². The second kappa shape index (κ2) is 12.0. The molecule has 0 radical (unpaired) electrons. The van der Waals surface area contributed by atoms with Crippen LogP contribution in [0.3, 0.4) is 0 Å². The lowest BCUT2D eigenvalue weighted by Crippen LogP contribution is -2.44. The Hall–Kier alpha value is -2.78. The molecule has 2 atom stereocenters. The van der Waals surface area contributed by atoms with Gasteiger partial charge >= 0.3 is 12.2 Å². The van der Waals surface area contributed by atoms with E-state index >= 15 is 0 Å². The molecule has 3 rings (SSSR count). The van der Waals surface area contributed by atoms with E-state index in [9.17, 15) is 9.59 Å². The van der Waals surface area contributed by atoms with E-state index in [4.69, 9.17) is 18.9 Å². The fraction of sp³-hybridized carbons (Fsp3) is 0.769. The number of carbonyl (C=O) groups excluding carboxylic acids is 2. The maximum Gasteiger partial charge on any atom is 0.410 e. The molecule has 1 aromatic rings. The van der Waals surface area contributed by atoms with Crippen molar-refractivity contribution >= 4 is 12.2 Å². The minimum atomic E-state index is -0.512. The topological polar surface area (TPSA) is 103 Å². The number of rotatable bonds is 6. The monoisotopic (exact) mass is 506 g/mol. The van der Waals surface area contributed by atoms with E-state index in [-0.39, 0.29) is 24.0 Å². The normalized spacial score (nSPS) is 21.1. The van der Waals surface area contributed by atoms with Gasteiger partial charge in [0.2, 0.25) is 11.8 Å². The molecular weight excluding hydrogens is 464 g/mol. The molecule has 1 aromatic heterocycles. The number of hydrogen-bond donors (Lipinski definition) is 0. The summed E-state index contributed by atoms with van der Waals surface area (Å²) < 4.78 is 22.8. The van der Waals surface area contributed by atoms with Gasteiger partial charge in [0.1, 0.15) is 11.2 Å². The Morgan fingerprint density at radius 3 is 1.61 bits per heavy atom. The number of likely N-dealkylation sites (tertiary alicyclic amines) is 2. The fourth-order valence-electron chi connectivity index (χ4n) is 4.26. The van der Waals surface area contributed by atoms with Gasteiger partial charge in [0.05, 0.1) is 25.6 Å². The fourth-order valence-corrected chi connectivity index (χ4v) is 4.26. The summed E-state index contributed by atoms with van der Waals surface area (Å²) in [4.78, 5) is 36.9. The maximum atomic E-state index is 12.4. The van der Waals surface area contributed by atoms with Crippen LogP contribution in [0.5, 0.6) is 11.8 Å². The third kappa shape index (κ3) is 9.35. The zero-order valence-electron chi connectivity index (χ0n) is 22.6. The Kier molecular flexibility index (Phi) is 9.24. The summed E-state index contributed by atoms with van der Waals surface area (Å²) in [5, 5.41) is 0. The average molecular weight is 507 g/mol. The number of amides is 2. The third-order valence-electron chi connectivity index (χ3n) is 5.87. The summed E-state index contributed by atoms with van der Waals surface area (Å²) in [5.41, 5.74) is -1.02. The van der Waals surface area contributed by atoms with Crippen LogP contribution in [0.1, 0.15) is 67.2 Å². The van der Waals surface area contributed by atoms with E-state index in [0.29, 0.717) is 51.2 Å². The molecule has 2 amide bonds. The SMILES string of the molecule is CC(C)(C)OC(=O)N1CCC[C@H](COc2cncc(OC[C@@H]3CCCN(C(=O)OC(C)(C)C)C3)n2)C1. The minimum absolute atomic E-state index is 0.193. The predicted octanol–water partition coefficient (Wildman–Crippen LogP) is 4.53. The lowest BCUT2D eigenvalue weighted by atomic mass is 9.99. The van der Waals surface area contributed by atoms with Crippen LogP contribution in [0.15, 0.2) is 12.4 Å². The Bertz CT molecular complexity index is 815. The van der Waals surface area contributed by atoms with E-state index < -0.39 is 11.2 Å². The van der Waals surface area contributed by atoms with Gasteiger partial charge in [0.25, 0.3) is 0 Å². The van der Waals surface area contributed by atoms with Crippen LogP contribution < -0.4 is 9.47 Å². The zero-order chi connectivity index (χ0) is 26.3. The summed E-state index contributed by atoms with van der Waals surface area (Å²) >= 11 is 0. The lowest BCUT2D eigenvalue weighted by molar-refractivity contribution is 0.0131. The molecule has 2 aliphatic heterocycles. The summed E-state index contributed by atoms with van der Waals surface area (Å²) in [6.07, 6.45) is 6.31. The van der Waals surface area contributed by atoms with Crippen LogP contribution in [0.4, 0.5) is 9.59 Å². The van der Waals surface area contributed by atoms with Crippen LogP contribution in [0, 0.1) is 11.8 Å². The highest BCUT2D eigenvalue weighted by Gasteiger charge is 2.29. The van der Waals surface area contributed by atoms with E-state index in [2.05, 4.69) is 9.97 Å². The van der Waals surface area contributed by atoms with Crippen LogP contribution in [-0.2, 0) is 9.47 Å². The molecular formula is C26H42N4O6. The summed E-state index contributed by atoms with van der Waals surface area (Å²) in [5.74, 6) is 1.17. The Morgan fingerprint density at radius 1 is 0.806 bits per heavy atom. The van der Waals surface area contributed by atoms with E-state index in [1.807, 2.05) is 41.5 Å². The van der Waals surface area contributed by atoms with Crippen LogP contribution in [-0.4, -0.2) is 82.5 Å². The van der Waals surface area contributed by atoms with Crippen molar-refractivity contribution in [1.82, 2.24) is 19.8 Å². The van der Waals surface area contributed by atoms with Gasteiger partial charge in [-0.3, -0.25) is 4.98 Å². The van der Waals surface area contributed by atoms with Crippen LogP contribution >= 0.6 is 0 Å². The highest BCUT2D eigenvalue weighted by atomic mass is 16.6. The standard InChI is InChI=1S/C26H42N4O6/c1-25(2,3)35-23(31)29-11-7-9-19(15-29)17-33-21-13-27-14-22(28-21)34-18-20-10-8-12-30(16-20)24(32)36-26(4,5)6/h13-14,19-20H,7-12,15-18H2,1-6H3/t19-,20+. The Balaban J connectivity index is 1.45. The third-order valence-corrected chi connectivity index (χ3v) is 5.87. The number of piperidine rings is 2. The molecule has 2 fully saturated rings. The van der Waals surface area contributed by atoms with Gasteiger partial charge in [-0.1, -0.05) is 0 Å². The highest BCUT2D eigenvalue weighted by Crippen LogP contribution is 2.23. The summed E-state index contributed by atoms with van der Waals surface area (Å²) in [6, 6.07) is 0. The second-order valence-electron chi connectivity index (χ2n) is 11.7. The quantitative estimate of drug-likeness (QED) is 0.554. The Labute approximate surface area is 214 Å². The van der Waals surface area contributed by atoms with Crippen molar-refractivity contribution in [2.75, 3.05) is 39.4 Å². The molecule has 0 saturated carbocycles. The van der Waals surface area contributed by atoms with Gasteiger partial charge in [0.15, 0.2) is 0 Å². The predicted molar refractivity (Wildman–Crippen MR) is 134 cm³/mol. The zero-order valence-corrected chi connectivity index (χ0v) is 22.6.